The van der Waals surface area contributed by atoms with Crippen LogP contribution in [0.4, 0.5) is 5.69 Å². The van der Waals surface area contributed by atoms with E-state index in [1.165, 1.54) is 0 Å². The quantitative estimate of drug-likeness (QED) is 0.192. The zero-order valence-corrected chi connectivity index (χ0v) is 24.0. The Labute approximate surface area is 242 Å². The maximum absolute atomic E-state index is 12.2. The van der Waals surface area contributed by atoms with Gasteiger partial charge in [0.2, 0.25) is 0 Å². The molecule has 0 fully saturated rings. The van der Waals surface area contributed by atoms with E-state index in [-0.39, 0.29) is 18.4 Å². The van der Waals surface area contributed by atoms with Crippen molar-refractivity contribution in [1.82, 2.24) is 9.88 Å². The second kappa shape index (κ2) is 11.0. The van der Waals surface area contributed by atoms with Gasteiger partial charge in [0.25, 0.3) is 5.91 Å². The molecule has 6 nitrogen and oxygen atoms in total. The molecule has 0 saturated heterocycles. The number of fused-ring (bicyclic) bond motifs is 1. The van der Waals surface area contributed by atoms with Gasteiger partial charge < -0.3 is 19.3 Å². The molecule has 4 aromatic rings. The Hall–Kier alpha value is -3.39. The maximum atomic E-state index is 12.2. The first-order chi connectivity index (χ1) is 18.7. The molecule has 200 valence electrons. The Morgan fingerprint density at radius 2 is 1.79 bits per heavy atom. The molecule has 1 amide bonds. The average molecular weight is 581 g/mol. The number of amides is 1. The standard InChI is InChI=1S/C30H27Cl2N3O3S/c1-17(2)28-22(27(34-38-28)26-23(31)5-4-6-24(26)32)16-37-21-10-7-18(8-11-21)19-9-12-25-20(15-19)13-14-30(3,33-25)29(36)35-39/h4-15,17,33,39H,16H2,1-3H3,(H,35,36). The number of nitrogens with zero attached hydrogens (tertiary/aromatic N) is 1. The number of aromatic nitrogens is 1. The minimum atomic E-state index is -0.855. The Kier molecular flexibility index (Phi) is 7.67. The van der Waals surface area contributed by atoms with Crippen LogP contribution in [0, 0.1) is 0 Å². The number of thiol groups is 1. The van der Waals surface area contributed by atoms with Crippen molar-refractivity contribution in [3.63, 3.8) is 0 Å². The van der Waals surface area contributed by atoms with Gasteiger partial charge >= 0.3 is 0 Å². The van der Waals surface area contributed by atoms with Crippen molar-refractivity contribution in [1.29, 1.82) is 0 Å². The van der Waals surface area contributed by atoms with Crippen molar-refractivity contribution in [2.24, 2.45) is 0 Å². The highest BCUT2D eigenvalue weighted by Crippen LogP contribution is 2.39. The molecule has 0 radical (unpaired) electrons. The third kappa shape index (κ3) is 5.39. The molecule has 0 saturated carbocycles. The summed E-state index contributed by atoms with van der Waals surface area (Å²) in [4.78, 5) is 12.2. The molecule has 1 aliphatic rings. The average Bonchev–Trinajstić information content (AvgIpc) is 3.35. The fourth-order valence-electron chi connectivity index (χ4n) is 4.56. The third-order valence-corrected chi connectivity index (χ3v) is 7.56. The summed E-state index contributed by atoms with van der Waals surface area (Å²) in [5.41, 5.74) is 5.14. The fraction of sp³-hybridized carbons (Fsp3) is 0.200. The monoisotopic (exact) mass is 579 g/mol. The van der Waals surface area contributed by atoms with Crippen LogP contribution in [0.2, 0.25) is 10.0 Å². The largest absolute Gasteiger partial charge is 0.489 e. The predicted octanol–water partition coefficient (Wildman–Crippen LogP) is 8.18. The van der Waals surface area contributed by atoms with E-state index in [0.717, 1.165) is 33.7 Å². The third-order valence-electron chi connectivity index (χ3n) is 6.73. The zero-order chi connectivity index (χ0) is 27.7. The molecule has 2 heterocycles. The van der Waals surface area contributed by atoms with Crippen LogP contribution < -0.4 is 14.8 Å². The number of halogens is 2. The molecule has 1 aliphatic heterocycles. The molecule has 2 N–H and O–H groups in total. The predicted molar refractivity (Wildman–Crippen MR) is 160 cm³/mol. The number of carbonyl (C=O) groups is 1. The van der Waals surface area contributed by atoms with Crippen molar-refractivity contribution in [2.45, 2.75) is 38.8 Å². The normalized spacial score (nSPS) is 16.1. The van der Waals surface area contributed by atoms with Gasteiger partial charge in [-0.2, -0.15) is 0 Å². The fourth-order valence-corrected chi connectivity index (χ4v) is 5.36. The number of rotatable bonds is 7. The van der Waals surface area contributed by atoms with Crippen molar-refractivity contribution in [3.05, 3.63) is 93.7 Å². The molecule has 1 unspecified atom stereocenters. The van der Waals surface area contributed by atoms with Gasteiger partial charge in [-0.1, -0.05) is 85.4 Å². The molecule has 0 spiro atoms. The Morgan fingerprint density at radius 1 is 1.10 bits per heavy atom. The number of benzene rings is 3. The molecule has 0 aliphatic carbocycles. The highest BCUT2D eigenvalue weighted by Gasteiger charge is 2.32. The van der Waals surface area contributed by atoms with E-state index in [1.807, 2.05) is 62.4 Å². The molecular formula is C30H27Cl2N3O3S. The summed E-state index contributed by atoms with van der Waals surface area (Å²) in [7, 11) is 0. The number of hydrogen-bond donors (Lipinski definition) is 3. The van der Waals surface area contributed by atoms with Crippen LogP contribution in [0.1, 0.15) is 43.6 Å². The first kappa shape index (κ1) is 27.2. The smallest absolute Gasteiger partial charge is 0.259 e. The van der Waals surface area contributed by atoms with E-state index in [2.05, 4.69) is 34.1 Å². The van der Waals surface area contributed by atoms with E-state index in [9.17, 15) is 4.79 Å². The second-order valence-corrected chi connectivity index (χ2v) is 10.9. The van der Waals surface area contributed by atoms with E-state index in [4.69, 9.17) is 32.5 Å². The Morgan fingerprint density at radius 3 is 2.46 bits per heavy atom. The molecule has 1 atom stereocenters. The Balaban J connectivity index is 1.35. The topological polar surface area (TPSA) is 76.4 Å². The number of hydrogen-bond acceptors (Lipinski definition) is 6. The van der Waals surface area contributed by atoms with Gasteiger partial charge in [-0.25, -0.2) is 0 Å². The van der Waals surface area contributed by atoms with Gasteiger partial charge in [0, 0.05) is 17.2 Å². The van der Waals surface area contributed by atoms with Crippen LogP contribution in [-0.2, 0) is 11.4 Å². The van der Waals surface area contributed by atoms with Crippen molar-refractivity contribution in [3.8, 4) is 28.1 Å². The lowest BCUT2D eigenvalue weighted by Crippen LogP contribution is -2.47. The lowest BCUT2D eigenvalue weighted by molar-refractivity contribution is -0.121. The number of ether oxygens (including phenoxy) is 1. The van der Waals surface area contributed by atoms with Crippen LogP contribution in [0.15, 0.2) is 71.3 Å². The molecule has 1 aromatic heterocycles. The minimum Gasteiger partial charge on any atom is -0.489 e. The van der Waals surface area contributed by atoms with Crippen LogP contribution in [-0.4, -0.2) is 16.6 Å². The van der Waals surface area contributed by atoms with Crippen molar-refractivity contribution >= 4 is 53.7 Å². The summed E-state index contributed by atoms with van der Waals surface area (Å²) in [6.07, 6.45) is 3.78. The van der Waals surface area contributed by atoms with Gasteiger partial charge in [0.1, 0.15) is 29.3 Å². The summed E-state index contributed by atoms with van der Waals surface area (Å²) < 4.78 is 14.3. The SMILES string of the molecule is CC(C)c1onc(-c2c(Cl)cccc2Cl)c1COc1ccc(-c2ccc3c(c2)C=CC(C)(C(=O)NS)N3)cc1. The van der Waals surface area contributed by atoms with Crippen molar-refractivity contribution in [2.75, 3.05) is 5.32 Å². The van der Waals surface area contributed by atoms with Gasteiger partial charge in [-0.15, -0.1) is 0 Å². The number of anilines is 1. The van der Waals surface area contributed by atoms with E-state index in [1.54, 1.807) is 25.1 Å². The van der Waals surface area contributed by atoms with Gasteiger partial charge in [-0.3, -0.25) is 4.79 Å². The van der Waals surface area contributed by atoms with Crippen molar-refractivity contribution < 1.29 is 14.1 Å². The Bertz CT molecular complexity index is 1550. The summed E-state index contributed by atoms with van der Waals surface area (Å²) in [5.74, 6) is 1.32. The lowest BCUT2D eigenvalue weighted by Gasteiger charge is -2.30. The number of nitrogens with one attached hydrogen (secondary N) is 2. The van der Waals surface area contributed by atoms with Gasteiger partial charge in [-0.05, 0) is 66.1 Å². The molecule has 39 heavy (non-hydrogen) atoms. The molecular weight excluding hydrogens is 553 g/mol. The zero-order valence-electron chi connectivity index (χ0n) is 21.6. The number of carbonyl (C=O) groups excluding carboxylic acids is 1. The first-order valence-electron chi connectivity index (χ1n) is 12.4. The minimum absolute atomic E-state index is 0.103. The van der Waals surface area contributed by atoms with Crippen LogP contribution in [0.3, 0.4) is 0 Å². The summed E-state index contributed by atoms with van der Waals surface area (Å²) in [5, 5.41) is 8.58. The van der Waals surface area contributed by atoms with E-state index >= 15 is 0 Å². The maximum Gasteiger partial charge on any atom is 0.259 e. The van der Waals surface area contributed by atoms with Crippen LogP contribution in [0.5, 0.6) is 5.75 Å². The van der Waals surface area contributed by atoms with E-state index in [0.29, 0.717) is 27.1 Å². The lowest BCUT2D eigenvalue weighted by atomic mass is 9.92. The summed E-state index contributed by atoms with van der Waals surface area (Å²) in [6.45, 7) is 6.13. The molecule has 5 rings (SSSR count). The van der Waals surface area contributed by atoms with Gasteiger partial charge in [0.15, 0.2) is 0 Å². The van der Waals surface area contributed by atoms with Gasteiger partial charge in [0.05, 0.1) is 15.6 Å². The molecule has 0 bridgehead atoms. The second-order valence-electron chi connectivity index (χ2n) is 9.84. The summed E-state index contributed by atoms with van der Waals surface area (Å²) in [6, 6.07) is 19.3. The highest BCUT2D eigenvalue weighted by atomic mass is 35.5. The summed E-state index contributed by atoms with van der Waals surface area (Å²) >= 11 is 16.8. The molecule has 9 heteroatoms. The highest BCUT2D eigenvalue weighted by molar-refractivity contribution is 7.78. The molecule has 3 aromatic carbocycles. The van der Waals surface area contributed by atoms with Crippen LogP contribution in [0.25, 0.3) is 28.5 Å². The first-order valence-corrected chi connectivity index (χ1v) is 13.6. The van der Waals surface area contributed by atoms with Crippen LogP contribution >= 0.6 is 36.0 Å². The van der Waals surface area contributed by atoms with E-state index < -0.39 is 5.54 Å².